The number of esters is 3. The SMILES string of the molecule is CO[C@@H]1O[C@H](COC(C)=O)[C@H](O[C@@H]2O[C@H](COC(C)=O)C[C@H](NC(=O)C(F)(F)F)[C@H]2OC(=O)C(C)(C)C)[C@@H](NC(=O)NC(C)=O)[C@H]1OC. The molecule has 2 saturated heterocycles. The van der Waals surface area contributed by atoms with E-state index in [0.717, 1.165) is 20.8 Å². The van der Waals surface area contributed by atoms with Crippen molar-refractivity contribution in [1.29, 1.82) is 0 Å². The lowest BCUT2D eigenvalue weighted by Crippen LogP contribution is -2.69. The molecule has 0 aromatic heterocycles. The Hall–Kier alpha value is -3.59. The highest BCUT2D eigenvalue weighted by Gasteiger charge is 2.53. The van der Waals surface area contributed by atoms with Crippen molar-refractivity contribution in [3.63, 3.8) is 0 Å². The van der Waals surface area contributed by atoms with Gasteiger partial charge in [-0.05, 0) is 20.8 Å². The molecule has 48 heavy (non-hydrogen) atoms. The number of rotatable bonds is 11. The Morgan fingerprint density at radius 2 is 1.40 bits per heavy atom. The lowest BCUT2D eigenvalue weighted by atomic mass is 9.94. The summed E-state index contributed by atoms with van der Waals surface area (Å²) in [7, 11) is 2.47. The molecule has 17 nitrogen and oxygen atoms in total. The number of imide groups is 1. The van der Waals surface area contributed by atoms with E-state index in [1.54, 1.807) is 5.32 Å². The molecule has 3 N–H and O–H groups in total. The fourth-order valence-corrected chi connectivity index (χ4v) is 4.72. The molecule has 0 saturated carbocycles. The van der Waals surface area contributed by atoms with Crippen molar-refractivity contribution in [2.24, 2.45) is 5.41 Å². The van der Waals surface area contributed by atoms with Gasteiger partial charge in [-0.1, -0.05) is 0 Å². The van der Waals surface area contributed by atoms with Crippen molar-refractivity contribution in [2.45, 2.75) is 109 Å². The largest absolute Gasteiger partial charge is 0.471 e. The monoisotopic (exact) mass is 701 g/mol. The van der Waals surface area contributed by atoms with Crippen LogP contribution < -0.4 is 16.0 Å². The summed E-state index contributed by atoms with van der Waals surface area (Å²) in [5, 5.41) is 6.31. The zero-order valence-electron chi connectivity index (χ0n) is 27.7. The molecule has 0 unspecified atom stereocenters. The summed E-state index contributed by atoms with van der Waals surface area (Å²) in [4.78, 5) is 72.9. The van der Waals surface area contributed by atoms with Gasteiger partial charge in [0.1, 0.15) is 31.5 Å². The van der Waals surface area contributed by atoms with E-state index in [2.05, 4.69) is 5.32 Å². The van der Waals surface area contributed by atoms with Crippen LogP contribution >= 0.6 is 0 Å². The van der Waals surface area contributed by atoms with Crippen molar-refractivity contribution in [3.8, 4) is 0 Å². The molecule has 2 rings (SSSR count). The fourth-order valence-electron chi connectivity index (χ4n) is 4.72. The Labute approximate surface area is 274 Å². The molecule has 2 aliphatic rings. The summed E-state index contributed by atoms with van der Waals surface area (Å²) in [6.45, 7) is 6.59. The third-order valence-electron chi connectivity index (χ3n) is 6.90. The fraction of sp³-hybridized carbons (Fsp3) is 0.786. The first-order valence-electron chi connectivity index (χ1n) is 14.6. The topological polar surface area (TPSA) is 212 Å². The average Bonchev–Trinajstić information content (AvgIpc) is 2.95. The first kappa shape index (κ1) is 40.6. The van der Waals surface area contributed by atoms with Crippen LogP contribution in [-0.4, -0.2) is 125 Å². The maximum atomic E-state index is 13.4. The minimum atomic E-state index is -5.34. The van der Waals surface area contributed by atoms with Gasteiger partial charge in [0.05, 0.1) is 23.6 Å². The van der Waals surface area contributed by atoms with Crippen LogP contribution in [0.2, 0.25) is 0 Å². The predicted octanol–water partition coefficient (Wildman–Crippen LogP) is 0.218. The van der Waals surface area contributed by atoms with Crippen molar-refractivity contribution in [1.82, 2.24) is 16.0 Å². The maximum Gasteiger partial charge on any atom is 0.471 e. The molecule has 9 atom stereocenters. The second kappa shape index (κ2) is 17.2. The van der Waals surface area contributed by atoms with E-state index in [-0.39, 0.29) is 0 Å². The van der Waals surface area contributed by atoms with Crippen molar-refractivity contribution < 1.29 is 79.8 Å². The molecule has 0 aromatic carbocycles. The van der Waals surface area contributed by atoms with Gasteiger partial charge in [0.15, 0.2) is 18.7 Å². The van der Waals surface area contributed by atoms with Gasteiger partial charge in [-0.15, -0.1) is 0 Å². The Morgan fingerprint density at radius 1 is 0.792 bits per heavy atom. The van der Waals surface area contributed by atoms with Crippen LogP contribution in [0, 0.1) is 5.41 Å². The highest BCUT2D eigenvalue weighted by atomic mass is 19.4. The maximum absolute atomic E-state index is 13.4. The smallest absolute Gasteiger partial charge is 0.463 e. The van der Waals surface area contributed by atoms with Crippen LogP contribution in [0.4, 0.5) is 18.0 Å². The number of carbonyl (C=O) groups is 6. The van der Waals surface area contributed by atoms with Crippen molar-refractivity contribution in [2.75, 3.05) is 27.4 Å². The first-order valence-corrected chi connectivity index (χ1v) is 14.6. The summed E-state index contributed by atoms with van der Waals surface area (Å²) in [5.74, 6) is -5.54. The van der Waals surface area contributed by atoms with E-state index in [0.29, 0.717) is 0 Å². The number of nitrogens with one attached hydrogen (secondary N) is 3. The van der Waals surface area contributed by atoms with E-state index in [4.69, 9.17) is 37.9 Å². The summed E-state index contributed by atoms with van der Waals surface area (Å²) in [6.07, 6.45) is -15.9. The number of hydrogen-bond donors (Lipinski definition) is 3. The summed E-state index contributed by atoms with van der Waals surface area (Å²) in [5.41, 5.74) is -1.20. The van der Waals surface area contributed by atoms with Crippen LogP contribution in [0.15, 0.2) is 0 Å². The van der Waals surface area contributed by atoms with E-state index in [1.807, 2.05) is 5.32 Å². The molecular formula is C28H42F3N3O14. The minimum Gasteiger partial charge on any atom is -0.463 e. The lowest BCUT2D eigenvalue weighted by Gasteiger charge is -2.48. The first-order chi connectivity index (χ1) is 22.2. The molecule has 0 aromatic rings. The van der Waals surface area contributed by atoms with Gasteiger partial charge >= 0.3 is 36.0 Å². The zero-order valence-corrected chi connectivity index (χ0v) is 27.7. The molecule has 0 radical (unpaired) electrons. The predicted molar refractivity (Wildman–Crippen MR) is 151 cm³/mol. The number of alkyl halides is 3. The summed E-state index contributed by atoms with van der Waals surface area (Å²) < 4.78 is 84.9. The molecular weight excluding hydrogens is 659 g/mol. The summed E-state index contributed by atoms with van der Waals surface area (Å²) >= 11 is 0. The molecule has 274 valence electrons. The van der Waals surface area contributed by atoms with Crippen molar-refractivity contribution in [3.05, 3.63) is 0 Å². The van der Waals surface area contributed by atoms with Crippen molar-refractivity contribution >= 4 is 35.8 Å². The second-order valence-corrected chi connectivity index (χ2v) is 11.9. The van der Waals surface area contributed by atoms with E-state index < -0.39 is 122 Å². The van der Waals surface area contributed by atoms with Crippen LogP contribution in [-0.2, 0) is 61.9 Å². The van der Waals surface area contributed by atoms with Gasteiger partial charge in [-0.2, -0.15) is 13.2 Å². The molecule has 2 fully saturated rings. The lowest BCUT2D eigenvalue weighted by molar-refractivity contribution is -0.329. The van der Waals surface area contributed by atoms with Gasteiger partial charge < -0.3 is 48.5 Å². The third kappa shape index (κ3) is 11.8. The molecule has 2 aliphatic heterocycles. The molecule has 0 bridgehead atoms. The molecule has 20 heteroatoms. The number of amides is 4. The number of halogens is 3. The number of carbonyl (C=O) groups excluding carboxylic acids is 6. The molecule has 4 amide bonds. The van der Waals surface area contributed by atoms with Crippen LogP contribution in [0.1, 0.15) is 48.0 Å². The van der Waals surface area contributed by atoms with Crippen LogP contribution in [0.3, 0.4) is 0 Å². The number of hydrogen-bond acceptors (Lipinski definition) is 14. The Kier molecular flexibility index (Phi) is 14.5. The number of urea groups is 1. The van der Waals surface area contributed by atoms with E-state index >= 15 is 0 Å². The standard InChI is InChI=1S/C28H42F3N3O14/c1-12(35)32-26(40)34-18-20(17(11-44-14(3)37)46-22(42-8)21(18)41-7)47-23-19(48-25(39)27(4,5)6)16(33-24(38)28(29,30)31)9-15(45-23)10-43-13(2)36/h15-23H,9-11H2,1-8H3,(H,33,38)(H2,32,34,35,40)/t15-,16-,17+,18+,19+,20-,21+,22+,23-/m0/s1. The highest BCUT2D eigenvalue weighted by Crippen LogP contribution is 2.33. The molecule has 2 heterocycles. The van der Waals surface area contributed by atoms with Gasteiger partial charge in [-0.25, -0.2) is 4.79 Å². The van der Waals surface area contributed by atoms with Gasteiger partial charge in [0.25, 0.3) is 0 Å². The average molecular weight is 702 g/mol. The van der Waals surface area contributed by atoms with Crippen LogP contribution in [0.5, 0.6) is 0 Å². The Morgan fingerprint density at radius 3 is 1.90 bits per heavy atom. The van der Waals surface area contributed by atoms with Gasteiger partial charge in [0, 0.05) is 41.4 Å². The van der Waals surface area contributed by atoms with Gasteiger partial charge in [-0.3, -0.25) is 29.3 Å². The second-order valence-electron chi connectivity index (χ2n) is 11.9. The zero-order chi connectivity index (χ0) is 36.6. The number of ether oxygens (including phenoxy) is 8. The summed E-state index contributed by atoms with van der Waals surface area (Å²) in [6, 6.07) is -4.00. The van der Waals surface area contributed by atoms with Gasteiger partial charge in [0.2, 0.25) is 5.91 Å². The third-order valence-corrected chi connectivity index (χ3v) is 6.90. The molecule has 0 aliphatic carbocycles. The normalized spacial score (nSPS) is 29.2. The molecule has 0 spiro atoms. The number of methoxy groups -OCH3 is 2. The highest BCUT2D eigenvalue weighted by molar-refractivity contribution is 5.93. The minimum absolute atomic E-state index is 0.440. The quantitative estimate of drug-likeness (QED) is 0.194. The Bertz CT molecular complexity index is 1180. The van der Waals surface area contributed by atoms with E-state index in [1.165, 1.54) is 35.0 Å². The Balaban J connectivity index is 2.68. The van der Waals surface area contributed by atoms with Crippen LogP contribution in [0.25, 0.3) is 0 Å². The van der Waals surface area contributed by atoms with E-state index in [9.17, 15) is 41.9 Å².